The third kappa shape index (κ3) is 5.14. The van der Waals surface area contributed by atoms with E-state index in [-0.39, 0.29) is 22.8 Å². The number of rotatable bonds is 7. The number of nitrogens with one attached hydrogen (secondary N) is 1. The second-order valence-corrected chi connectivity index (χ2v) is 9.16. The molecule has 0 aliphatic rings. The SMILES string of the molecule is COc1ccc(-c2c(NS(=O)(=O)c3ccccc3)nn(Cc3ccccc3)c2C(F)(F)F)cc1F. The van der Waals surface area contributed by atoms with Crippen LogP contribution in [0.4, 0.5) is 23.4 Å². The van der Waals surface area contributed by atoms with Crippen molar-refractivity contribution in [3.8, 4) is 16.9 Å². The van der Waals surface area contributed by atoms with Crippen LogP contribution in [0.1, 0.15) is 11.3 Å². The van der Waals surface area contributed by atoms with Gasteiger partial charge in [0, 0.05) is 0 Å². The predicted molar refractivity (Wildman–Crippen MR) is 122 cm³/mol. The van der Waals surface area contributed by atoms with Crippen LogP contribution in [0.3, 0.4) is 0 Å². The highest BCUT2D eigenvalue weighted by molar-refractivity contribution is 7.92. The normalized spacial score (nSPS) is 11.9. The number of anilines is 1. The van der Waals surface area contributed by atoms with E-state index in [2.05, 4.69) is 9.82 Å². The molecule has 0 saturated carbocycles. The van der Waals surface area contributed by atoms with Crippen molar-refractivity contribution < 1.29 is 30.7 Å². The minimum absolute atomic E-state index is 0.168. The molecule has 0 amide bonds. The van der Waals surface area contributed by atoms with E-state index < -0.39 is 39.1 Å². The maximum atomic E-state index is 14.5. The Morgan fingerprint density at radius 2 is 1.60 bits per heavy atom. The summed E-state index contributed by atoms with van der Waals surface area (Å²) in [6.07, 6.45) is -4.94. The largest absolute Gasteiger partial charge is 0.494 e. The molecule has 1 aromatic heterocycles. The number of aromatic nitrogens is 2. The molecule has 0 radical (unpaired) electrons. The number of hydrogen-bond donors (Lipinski definition) is 1. The molecule has 1 heterocycles. The highest BCUT2D eigenvalue weighted by atomic mass is 32.2. The smallest absolute Gasteiger partial charge is 0.433 e. The van der Waals surface area contributed by atoms with Crippen LogP contribution in [0.2, 0.25) is 0 Å². The van der Waals surface area contributed by atoms with Crippen molar-refractivity contribution in [3.05, 3.63) is 95.9 Å². The van der Waals surface area contributed by atoms with Gasteiger partial charge in [-0.15, -0.1) is 0 Å². The van der Waals surface area contributed by atoms with Gasteiger partial charge in [0.2, 0.25) is 0 Å². The topological polar surface area (TPSA) is 73.2 Å². The lowest BCUT2D eigenvalue weighted by Gasteiger charge is -2.14. The molecule has 4 aromatic rings. The van der Waals surface area contributed by atoms with E-state index in [1.54, 1.807) is 36.4 Å². The Bertz CT molecular complexity index is 1440. The zero-order chi connectivity index (χ0) is 25.2. The van der Waals surface area contributed by atoms with Crippen molar-refractivity contribution >= 4 is 15.8 Å². The maximum Gasteiger partial charge on any atom is 0.433 e. The van der Waals surface area contributed by atoms with Gasteiger partial charge in [-0.1, -0.05) is 54.6 Å². The van der Waals surface area contributed by atoms with Crippen molar-refractivity contribution in [2.75, 3.05) is 11.8 Å². The van der Waals surface area contributed by atoms with Crippen LogP contribution in [0.15, 0.2) is 83.8 Å². The van der Waals surface area contributed by atoms with Crippen molar-refractivity contribution in [3.63, 3.8) is 0 Å². The summed E-state index contributed by atoms with van der Waals surface area (Å²) >= 11 is 0. The number of ether oxygens (including phenoxy) is 1. The van der Waals surface area contributed by atoms with Crippen LogP contribution in [0.25, 0.3) is 11.1 Å². The molecule has 0 spiro atoms. The van der Waals surface area contributed by atoms with Gasteiger partial charge >= 0.3 is 6.18 Å². The van der Waals surface area contributed by atoms with Gasteiger partial charge in [-0.05, 0) is 35.4 Å². The van der Waals surface area contributed by atoms with Gasteiger partial charge in [0.05, 0.1) is 24.1 Å². The molecule has 11 heteroatoms. The zero-order valence-corrected chi connectivity index (χ0v) is 19.1. The fourth-order valence-corrected chi connectivity index (χ4v) is 4.60. The van der Waals surface area contributed by atoms with Crippen LogP contribution in [0, 0.1) is 5.82 Å². The Morgan fingerprint density at radius 3 is 2.17 bits per heavy atom. The summed E-state index contributed by atoms with van der Waals surface area (Å²) in [7, 11) is -3.08. The quantitative estimate of drug-likeness (QED) is 0.334. The van der Waals surface area contributed by atoms with Crippen molar-refractivity contribution in [2.24, 2.45) is 0 Å². The predicted octanol–water partition coefficient (Wildman–Crippen LogP) is 5.57. The molecule has 0 aliphatic carbocycles. The first kappa shape index (κ1) is 24.3. The number of hydrogen-bond acceptors (Lipinski definition) is 4. The molecule has 6 nitrogen and oxygen atoms in total. The second-order valence-electron chi connectivity index (χ2n) is 7.48. The first-order chi connectivity index (χ1) is 16.6. The Hall–Kier alpha value is -3.86. The Kier molecular flexibility index (Phi) is 6.53. The van der Waals surface area contributed by atoms with Crippen LogP contribution < -0.4 is 9.46 Å². The van der Waals surface area contributed by atoms with Gasteiger partial charge in [0.15, 0.2) is 23.1 Å². The van der Waals surface area contributed by atoms with Gasteiger partial charge in [-0.2, -0.15) is 18.3 Å². The second kappa shape index (κ2) is 9.41. The molecular weight excluding hydrogens is 486 g/mol. The van der Waals surface area contributed by atoms with Crippen molar-refractivity contribution in [1.29, 1.82) is 0 Å². The average molecular weight is 505 g/mol. The fourth-order valence-electron chi connectivity index (χ4n) is 3.57. The molecule has 4 rings (SSSR count). The molecule has 0 aliphatic heterocycles. The molecule has 0 saturated heterocycles. The molecule has 0 unspecified atom stereocenters. The molecule has 0 fully saturated rings. The highest BCUT2D eigenvalue weighted by Gasteiger charge is 2.41. The highest BCUT2D eigenvalue weighted by Crippen LogP contribution is 2.43. The zero-order valence-electron chi connectivity index (χ0n) is 18.3. The number of benzene rings is 3. The maximum absolute atomic E-state index is 14.5. The Balaban J connectivity index is 1.94. The molecule has 0 bridgehead atoms. The van der Waals surface area contributed by atoms with Gasteiger partial charge in [0.1, 0.15) is 0 Å². The van der Waals surface area contributed by atoms with E-state index in [0.29, 0.717) is 10.2 Å². The number of halogens is 4. The van der Waals surface area contributed by atoms with Crippen molar-refractivity contribution in [1.82, 2.24) is 9.78 Å². The third-order valence-corrected chi connectivity index (χ3v) is 6.48. The van der Waals surface area contributed by atoms with E-state index in [1.807, 2.05) is 0 Å². The van der Waals surface area contributed by atoms with Crippen LogP contribution in [0.5, 0.6) is 5.75 Å². The lowest BCUT2D eigenvalue weighted by Crippen LogP contribution is -2.16. The Morgan fingerprint density at radius 1 is 0.971 bits per heavy atom. The molecule has 182 valence electrons. The lowest BCUT2D eigenvalue weighted by molar-refractivity contribution is -0.143. The van der Waals surface area contributed by atoms with Crippen LogP contribution in [-0.4, -0.2) is 25.3 Å². The molecule has 0 atom stereocenters. The van der Waals surface area contributed by atoms with Gasteiger partial charge in [-0.3, -0.25) is 9.40 Å². The summed E-state index contributed by atoms with van der Waals surface area (Å²) in [5.41, 5.74) is -1.54. The molecule has 35 heavy (non-hydrogen) atoms. The molecule has 3 aromatic carbocycles. The summed E-state index contributed by atoms with van der Waals surface area (Å²) in [5, 5.41) is 3.98. The van der Waals surface area contributed by atoms with E-state index in [9.17, 15) is 26.0 Å². The van der Waals surface area contributed by atoms with E-state index in [0.717, 1.165) is 12.1 Å². The van der Waals surface area contributed by atoms with Gasteiger partial charge in [0.25, 0.3) is 10.0 Å². The lowest BCUT2D eigenvalue weighted by atomic mass is 10.0. The number of alkyl halides is 3. The first-order valence-corrected chi connectivity index (χ1v) is 11.7. The standard InChI is InChI=1S/C24H19F4N3O3S/c1-34-20-13-12-17(14-19(20)25)21-22(24(26,27)28)31(15-16-8-4-2-5-9-16)29-23(21)30-35(32,33)18-10-6-3-7-11-18/h2-14H,15H2,1H3,(H,29,30). The number of nitrogens with zero attached hydrogens (tertiary/aromatic N) is 2. The molecule has 1 N–H and O–H groups in total. The summed E-state index contributed by atoms with van der Waals surface area (Å²) in [5.74, 6) is -1.67. The number of sulfonamides is 1. The van der Waals surface area contributed by atoms with E-state index in [1.165, 1.54) is 37.4 Å². The van der Waals surface area contributed by atoms with Crippen LogP contribution in [-0.2, 0) is 22.7 Å². The summed E-state index contributed by atoms with van der Waals surface area (Å²) in [4.78, 5) is -0.168. The third-order valence-electron chi connectivity index (χ3n) is 5.12. The Labute approximate surface area is 198 Å². The number of methoxy groups -OCH3 is 1. The monoisotopic (exact) mass is 505 g/mol. The first-order valence-electron chi connectivity index (χ1n) is 10.2. The van der Waals surface area contributed by atoms with Crippen molar-refractivity contribution in [2.45, 2.75) is 17.6 Å². The van der Waals surface area contributed by atoms with E-state index in [4.69, 9.17) is 4.74 Å². The summed E-state index contributed by atoms with van der Waals surface area (Å²) in [6, 6.07) is 18.6. The average Bonchev–Trinajstić information content (AvgIpc) is 3.17. The summed E-state index contributed by atoms with van der Waals surface area (Å²) < 4.78 is 91.1. The minimum Gasteiger partial charge on any atom is -0.494 e. The van der Waals surface area contributed by atoms with Gasteiger partial charge < -0.3 is 4.74 Å². The minimum atomic E-state index is -4.94. The van der Waals surface area contributed by atoms with E-state index >= 15 is 0 Å². The summed E-state index contributed by atoms with van der Waals surface area (Å²) in [6.45, 7) is -0.297. The molecular formula is C24H19F4N3O3S. The van der Waals surface area contributed by atoms with Crippen LogP contribution >= 0.6 is 0 Å². The van der Waals surface area contributed by atoms with Gasteiger partial charge in [-0.25, -0.2) is 12.8 Å². The fraction of sp³-hybridized carbons (Fsp3) is 0.125.